The first kappa shape index (κ1) is 12.7. The Morgan fingerprint density at radius 2 is 2.12 bits per heavy atom. The molecule has 17 heavy (non-hydrogen) atoms. The van der Waals surface area contributed by atoms with E-state index in [9.17, 15) is 4.39 Å². The molecule has 1 aliphatic rings. The largest absolute Gasteiger partial charge is 0.494 e. The summed E-state index contributed by atoms with van der Waals surface area (Å²) < 4.78 is 18.5. The molecular formula is C13H17ClFNO. The minimum atomic E-state index is -0.469. The van der Waals surface area contributed by atoms with Crippen LogP contribution in [0.1, 0.15) is 18.4 Å². The maximum Gasteiger partial charge on any atom is 0.183 e. The van der Waals surface area contributed by atoms with Crippen molar-refractivity contribution in [3.05, 3.63) is 28.5 Å². The fourth-order valence-corrected chi connectivity index (χ4v) is 2.54. The van der Waals surface area contributed by atoms with E-state index < -0.39 is 5.82 Å². The Hall–Kier alpha value is -0.800. The molecule has 4 heteroatoms. The second-order valence-electron chi connectivity index (χ2n) is 4.49. The highest BCUT2D eigenvalue weighted by molar-refractivity contribution is 6.31. The molecule has 0 aliphatic carbocycles. The lowest BCUT2D eigenvalue weighted by Crippen LogP contribution is -2.28. The lowest BCUT2D eigenvalue weighted by molar-refractivity contribution is 0.368. The Balaban J connectivity index is 2.12. The molecule has 1 aliphatic heterocycles. The molecule has 0 saturated carbocycles. The number of methoxy groups -OCH3 is 1. The Morgan fingerprint density at radius 1 is 1.41 bits per heavy atom. The van der Waals surface area contributed by atoms with Crippen LogP contribution in [0.5, 0.6) is 5.75 Å². The highest BCUT2D eigenvalue weighted by Crippen LogP contribution is 2.29. The fraction of sp³-hybridized carbons (Fsp3) is 0.538. The van der Waals surface area contributed by atoms with E-state index in [1.165, 1.54) is 7.11 Å². The number of piperidine rings is 1. The third kappa shape index (κ3) is 3.11. The first-order chi connectivity index (χ1) is 8.20. The van der Waals surface area contributed by atoms with Crippen LogP contribution in [0.3, 0.4) is 0 Å². The second kappa shape index (κ2) is 5.69. The van der Waals surface area contributed by atoms with Gasteiger partial charge in [0, 0.05) is 0 Å². The van der Waals surface area contributed by atoms with Gasteiger partial charge < -0.3 is 10.1 Å². The third-order valence-corrected chi connectivity index (χ3v) is 3.53. The summed E-state index contributed by atoms with van der Waals surface area (Å²) in [6.45, 7) is 2.13. The third-order valence-electron chi connectivity index (χ3n) is 3.26. The van der Waals surface area contributed by atoms with Crippen LogP contribution in [-0.4, -0.2) is 20.2 Å². The van der Waals surface area contributed by atoms with Crippen molar-refractivity contribution in [1.29, 1.82) is 0 Å². The van der Waals surface area contributed by atoms with E-state index in [0.717, 1.165) is 37.9 Å². The van der Waals surface area contributed by atoms with Crippen molar-refractivity contribution in [1.82, 2.24) is 5.32 Å². The molecule has 0 spiro atoms. The van der Waals surface area contributed by atoms with Crippen molar-refractivity contribution in [2.45, 2.75) is 19.3 Å². The first-order valence-electron chi connectivity index (χ1n) is 5.93. The zero-order valence-corrected chi connectivity index (χ0v) is 10.7. The zero-order valence-electron chi connectivity index (χ0n) is 9.93. The van der Waals surface area contributed by atoms with E-state index in [-0.39, 0.29) is 10.8 Å². The number of hydrogen-bond acceptors (Lipinski definition) is 2. The van der Waals surface area contributed by atoms with E-state index in [4.69, 9.17) is 16.3 Å². The quantitative estimate of drug-likeness (QED) is 0.899. The maximum absolute atomic E-state index is 13.5. The molecule has 1 N–H and O–H groups in total. The molecule has 2 nitrogen and oxygen atoms in total. The second-order valence-corrected chi connectivity index (χ2v) is 4.90. The number of ether oxygens (including phenoxy) is 1. The molecule has 0 amide bonds. The van der Waals surface area contributed by atoms with Crippen LogP contribution < -0.4 is 10.1 Å². The van der Waals surface area contributed by atoms with Crippen LogP contribution in [0.4, 0.5) is 4.39 Å². The molecule has 94 valence electrons. The van der Waals surface area contributed by atoms with Gasteiger partial charge in [0.25, 0.3) is 0 Å². The summed E-state index contributed by atoms with van der Waals surface area (Å²) in [5, 5.41) is 3.48. The van der Waals surface area contributed by atoms with Crippen LogP contribution in [0.15, 0.2) is 12.1 Å². The van der Waals surface area contributed by atoms with Crippen LogP contribution in [0.2, 0.25) is 5.02 Å². The van der Waals surface area contributed by atoms with Gasteiger partial charge in [-0.05, 0) is 56.0 Å². The van der Waals surface area contributed by atoms with Gasteiger partial charge in [-0.2, -0.15) is 0 Å². The predicted octanol–water partition coefficient (Wildman–Crippen LogP) is 3.03. The molecule has 0 aromatic heterocycles. The molecule has 0 atom stereocenters. The van der Waals surface area contributed by atoms with E-state index in [1.807, 2.05) is 0 Å². The average Bonchev–Trinajstić information content (AvgIpc) is 2.35. The van der Waals surface area contributed by atoms with Crippen LogP contribution in [0, 0.1) is 11.7 Å². The highest BCUT2D eigenvalue weighted by atomic mass is 35.5. The summed E-state index contributed by atoms with van der Waals surface area (Å²) in [6.07, 6.45) is 3.27. The summed E-state index contributed by atoms with van der Waals surface area (Å²) in [5.74, 6) is 0.423. The van der Waals surface area contributed by atoms with Gasteiger partial charge in [-0.15, -0.1) is 0 Å². The van der Waals surface area contributed by atoms with E-state index in [2.05, 4.69) is 5.32 Å². The number of hydrogen-bond donors (Lipinski definition) is 1. The van der Waals surface area contributed by atoms with Gasteiger partial charge in [0.1, 0.15) is 0 Å². The molecule has 1 aromatic rings. The number of benzene rings is 1. The summed E-state index contributed by atoms with van der Waals surface area (Å²) in [4.78, 5) is 0. The molecule has 1 heterocycles. The standard InChI is InChI=1S/C13H17ClFNO/c1-17-12-8-10(7-11(14)13(12)15)6-9-2-4-16-5-3-9/h7-9,16H,2-6H2,1H3. The van der Waals surface area contributed by atoms with Crippen LogP contribution in [-0.2, 0) is 6.42 Å². The smallest absolute Gasteiger partial charge is 0.183 e. The van der Waals surface area contributed by atoms with Gasteiger partial charge in [-0.25, -0.2) is 4.39 Å². The van der Waals surface area contributed by atoms with Crippen molar-refractivity contribution in [3.8, 4) is 5.75 Å². The molecule has 1 aromatic carbocycles. The summed E-state index contributed by atoms with van der Waals surface area (Å²) in [6, 6.07) is 3.46. The molecular weight excluding hydrogens is 241 g/mol. The monoisotopic (exact) mass is 257 g/mol. The Bertz CT molecular complexity index is 391. The SMILES string of the molecule is COc1cc(CC2CCNCC2)cc(Cl)c1F. The maximum atomic E-state index is 13.5. The molecule has 0 unspecified atom stereocenters. The Labute approximate surface area is 106 Å². The molecule has 1 saturated heterocycles. The van der Waals surface area contributed by atoms with Gasteiger partial charge in [-0.1, -0.05) is 11.6 Å². The van der Waals surface area contributed by atoms with Crippen LogP contribution >= 0.6 is 11.6 Å². The normalized spacial score (nSPS) is 17.1. The van der Waals surface area contributed by atoms with Crippen molar-refractivity contribution in [2.75, 3.05) is 20.2 Å². The summed E-state index contributed by atoms with van der Waals surface area (Å²) in [7, 11) is 1.46. The van der Waals surface area contributed by atoms with Crippen molar-refractivity contribution < 1.29 is 9.13 Å². The average molecular weight is 258 g/mol. The van der Waals surface area contributed by atoms with Gasteiger partial charge >= 0.3 is 0 Å². The summed E-state index contributed by atoms with van der Waals surface area (Å²) in [5.41, 5.74) is 1.06. The Kier molecular flexibility index (Phi) is 4.24. The first-order valence-corrected chi connectivity index (χ1v) is 6.31. The lowest BCUT2D eigenvalue weighted by atomic mass is 9.91. The topological polar surface area (TPSA) is 21.3 Å². The molecule has 0 radical (unpaired) electrons. The lowest BCUT2D eigenvalue weighted by Gasteiger charge is -2.22. The Morgan fingerprint density at radius 3 is 2.76 bits per heavy atom. The van der Waals surface area contributed by atoms with Crippen molar-refractivity contribution in [3.63, 3.8) is 0 Å². The minimum absolute atomic E-state index is 0.147. The number of nitrogens with one attached hydrogen (secondary N) is 1. The van der Waals surface area contributed by atoms with Crippen molar-refractivity contribution in [2.24, 2.45) is 5.92 Å². The van der Waals surface area contributed by atoms with Gasteiger partial charge in [0.2, 0.25) is 0 Å². The molecule has 2 rings (SSSR count). The minimum Gasteiger partial charge on any atom is -0.494 e. The van der Waals surface area contributed by atoms with E-state index >= 15 is 0 Å². The number of rotatable bonds is 3. The van der Waals surface area contributed by atoms with E-state index in [0.29, 0.717) is 5.92 Å². The number of halogens is 2. The van der Waals surface area contributed by atoms with Crippen molar-refractivity contribution >= 4 is 11.6 Å². The van der Waals surface area contributed by atoms with E-state index in [1.54, 1.807) is 12.1 Å². The van der Waals surface area contributed by atoms with Gasteiger partial charge in [0.15, 0.2) is 11.6 Å². The van der Waals surface area contributed by atoms with Gasteiger partial charge in [0.05, 0.1) is 12.1 Å². The fourth-order valence-electron chi connectivity index (χ4n) is 2.30. The highest BCUT2D eigenvalue weighted by Gasteiger charge is 2.16. The van der Waals surface area contributed by atoms with Crippen LogP contribution in [0.25, 0.3) is 0 Å². The summed E-state index contributed by atoms with van der Waals surface area (Å²) >= 11 is 5.85. The molecule has 1 fully saturated rings. The molecule has 0 bridgehead atoms. The predicted molar refractivity (Wildman–Crippen MR) is 67.3 cm³/mol. The zero-order chi connectivity index (χ0) is 12.3. The van der Waals surface area contributed by atoms with Gasteiger partial charge in [-0.3, -0.25) is 0 Å².